The molecule has 0 aliphatic heterocycles. The number of rotatable bonds is 6. The lowest BCUT2D eigenvalue weighted by Crippen LogP contribution is -2.24. The van der Waals surface area contributed by atoms with Crippen molar-refractivity contribution in [3.63, 3.8) is 0 Å². The molecule has 0 amide bonds. The van der Waals surface area contributed by atoms with Gasteiger partial charge in [0.15, 0.2) is 5.82 Å². The van der Waals surface area contributed by atoms with Crippen molar-refractivity contribution in [1.29, 1.82) is 0 Å². The standard InChI is InChI=1S/C16H20N4O2S2/c1-11-7-8-23-13(11)9-17-20-15(12-5-3-2-4-6-12)18-19-16(20)24-10-14(21)22/h7-9,12H,2-6,10H2,1H3,(H,21,22)/p-1/b17-9-. The first-order valence-corrected chi connectivity index (χ1v) is 9.88. The summed E-state index contributed by atoms with van der Waals surface area (Å²) in [6.07, 6.45) is 7.60. The molecule has 8 heteroatoms. The highest BCUT2D eigenvalue weighted by molar-refractivity contribution is 7.99. The summed E-state index contributed by atoms with van der Waals surface area (Å²) in [7, 11) is 0. The van der Waals surface area contributed by atoms with Crippen LogP contribution in [0, 0.1) is 6.92 Å². The van der Waals surface area contributed by atoms with Crippen molar-refractivity contribution in [1.82, 2.24) is 14.9 Å². The quantitative estimate of drug-likeness (QED) is 0.581. The maximum absolute atomic E-state index is 10.8. The van der Waals surface area contributed by atoms with Gasteiger partial charge in [0.05, 0.1) is 17.1 Å². The summed E-state index contributed by atoms with van der Waals surface area (Å²) >= 11 is 2.72. The van der Waals surface area contributed by atoms with Crippen molar-refractivity contribution in [2.24, 2.45) is 5.10 Å². The predicted octanol–water partition coefficient (Wildman–Crippen LogP) is 2.42. The van der Waals surface area contributed by atoms with E-state index >= 15 is 0 Å². The number of nitrogens with zero attached hydrogens (tertiary/aromatic N) is 4. The largest absolute Gasteiger partial charge is 0.549 e. The van der Waals surface area contributed by atoms with Crippen LogP contribution >= 0.6 is 23.1 Å². The van der Waals surface area contributed by atoms with Crippen LogP contribution in [0.2, 0.25) is 0 Å². The van der Waals surface area contributed by atoms with Crippen LogP contribution in [0.4, 0.5) is 0 Å². The van der Waals surface area contributed by atoms with Crippen LogP contribution in [0.1, 0.15) is 54.3 Å². The van der Waals surface area contributed by atoms with E-state index in [2.05, 4.69) is 15.3 Å². The minimum absolute atomic E-state index is 0.156. The lowest BCUT2D eigenvalue weighted by Gasteiger charge is -2.20. The highest BCUT2D eigenvalue weighted by Gasteiger charge is 2.23. The molecule has 1 aliphatic carbocycles. The summed E-state index contributed by atoms with van der Waals surface area (Å²) in [5, 5.41) is 26.3. The van der Waals surface area contributed by atoms with Crippen LogP contribution in [0.3, 0.4) is 0 Å². The number of carboxylic acids is 1. The molecule has 1 aliphatic rings. The zero-order valence-electron chi connectivity index (χ0n) is 13.5. The van der Waals surface area contributed by atoms with Gasteiger partial charge in [0, 0.05) is 11.7 Å². The van der Waals surface area contributed by atoms with Gasteiger partial charge in [0.25, 0.3) is 0 Å². The molecule has 3 rings (SSSR count). The Morgan fingerprint density at radius 2 is 2.25 bits per heavy atom. The molecular weight excluding hydrogens is 344 g/mol. The van der Waals surface area contributed by atoms with Crippen LogP contribution in [0.15, 0.2) is 21.7 Å². The molecule has 0 radical (unpaired) electrons. The molecule has 0 spiro atoms. The third-order valence-corrected chi connectivity index (χ3v) is 5.96. The minimum atomic E-state index is -1.12. The number of carbonyl (C=O) groups is 1. The third-order valence-electron chi connectivity index (χ3n) is 4.12. The number of aliphatic carboxylic acids is 1. The molecule has 1 saturated carbocycles. The van der Waals surface area contributed by atoms with E-state index in [1.54, 1.807) is 22.2 Å². The number of hydrogen-bond acceptors (Lipinski definition) is 7. The maximum Gasteiger partial charge on any atom is 0.212 e. The SMILES string of the molecule is Cc1ccsc1/C=N\n1c(SCC(=O)[O-])nnc1C1CCCCC1. The van der Waals surface area contributed by atoms with Gasteiger partial charge in [-0.15, -0.1) is 21.5 Å². The van der Waals surface area contributed by atoms with Gasteiger partial charge in [0.1, 0.15) is 0 Å². The summed E-state index contributed by atoms with van der Waals surface area (Å²) in [5.41, 5.74) is 1.17. The van der Waals surface area contributed by atoms with Crippen molar-refractivity contribution in [2.45, 2.75) is 50.1 Å². The molecule has 0 saturated heterocycles. The monoisotopic (exact) mass is 363 g/mol. The van der Waals surface area contributed by atoms with Crippen molar-refractivity contribution in [2.75, 3.05) is 5.75 Å². The van der Waals surface area contributed by atoms with Crippen LogP contribution in [0.25, 0.3) is 0 Å². The van der Waals surface area contributed by atoms with Crippen LogP contribution in [-0.4, -0.2) is 32.8 Å². The Balaban J connectivity index is 1.89. The lowest BCUT2D eigenvalue weighted by atomic mass is 9.89. The lowest BCUT2D eigenvalue weighted by molar-refractivity contribution is -0.301. The van der Waals surface area contributed by atoms with Crippen LogP contribution in [0.5, 0.6) is 0 Å². The van der Waals surface area contributed by atoms with E-state index < -0.39 is 5.97 Å². The number of aryl methyl sites for hydroxylation is 1. The Kier molecular flexibility index (Phi) is 5.68. The van der Waals surface area contributed by atoms with Gasteiger partial charge in [-0.3, -0.25) is 0 Å². The van der Waals surface area contributed by atoms with Gasteiger partial charge in [0.2, 0.25) is 5.16 Å². The van der Waals surface area contributed by atoms with Crippen LogP contribution in [-0.2, 0) is 4.79 Å². The molecule has 0 bridgehead atoms. The number of carbonyl (C=O) groups excluding carboxylic acids is 1. The molecule has 2 heterocycles. The fourth-order valence-electron chi connectivity index (χ4n) is 2.84. The molecule has 6 nitrogen and oxygen atoms in total. The molecule has 0 unspecified atom stereocenters. The molecule has 0 atom stereocenters. The fraction of sp³-hybridized carbons (Fsp3) is 0.500. The van der Waals surface area contributed by atoms with Gasteiger partial charge in [-0.05, 0) is 36.8 Å². The summed E-state index contributed by atoms with van der Waals surface area (Å²) in [5.74, 6) is -0.103. The van der Waals surface area contributed by atoms with E-state index in [1.807, 2.05) is 18.4 Å². The minimum Gasteiger partial charge on any atom is -0.549 e. The first kappa shape index (κ1) is 17.2. The predicted molar refractivity (Wildman–Crippen MR) is 93.6 cm³/mol. The Labute approximate surface area is 149 Å². The molecule has 24 heavy (non-hydrogen) atoms. The molecule has 0 N–H and O–H groups in total. The van der Waals surface area contributed by atoms with Gasteiger partial charge >= 0.3 is 0 Å². The second kappa shape index (κ2) is 7.94. The van der Waals surface area contributed by atoms with E-state index in [1.165, 1.54) is 24.8 Å². The molecule has 1 fully saturated rings. The number of carboxylic acid groups (broad SMARTS) is 1. The van der Waals surface area contributed by atoms with E-state index in [0.717, 1.165) is 35.3 Å². The number of hydrogen-bond donors (Lipinski definition) is 0. The molecule has 0 aromatic carbocycles. The first-order valence-electron chi connectivity index (χ1n) is 8.01. The average Bonchev–Trinajstić information content (AvgIpc) is 3.17. The normalized spacial score (nSPS) is 16.0. The van der Waals surface area contributed by atoms with Crippen LogP contribution < -0.4 is 5.11 Å². The molecule has 2 aromatic rings. The molecular formula is C16H19N4O2S2-. The second-order valence-electron chi connectivity index (χ2n) is 5.86. The van der Waals surface area contributed by atoms with Gasteiger partial charge in [-0.25, -0.2) is 0 Å². The van der Waals surface area contributed by atoms with Crippen molar-refractivity contribution in [3.05, 3.63) is 27.7 Å². The van der Waals surface area contributed by atoms with Gasteiger partial charge in [-0.1, -0.05) is 31.0 Å². The zero-order valence-corrected chi connectivity index (χ0v) is 15.1. The van der Waals surface area contributed by atoms with E-state index in [-0.39, 0.29) is 5.75 Å². The smallest absolute Gasteiger partial charge is 0.212 e. The second-order valence-corrected chi connectivity index (χ2v) is 7.75. The maximum atomic E-state index is 10.8. The van der Waals surface area contributed by atoms with E-state index in [9.17, 15) is 9.90 Å². The summed E-state index contributed by atoms with van der Waals surface area (Å²) in [6.45, 7) is 2.04. The van der Waals surface area contributed by atoms with E-state index in [4.69, 9.17) is 0 Å². The summed E-state index contributed by atoms with van der Waals surface area (Å²) in [6, 6.07) is 2.05. The number of thiophene rings is 1. The Morgan fingerprint density at radius 1 is 1.46 bits per heavy atom. The zero-order chi connectivity index (χ0) is 16.9. The number of aromatic nitrogens is 3. The Morgan fingerprint density at radius 3 is 2.92 bits per heavy atom. The molecule has 2 aromatic heterocycles. The third kappa shape index (κ3) is 4.05. The fourth-order valence-corrected chi connectivity index (χ4v) is 4.23. The first-order chi connectivity index (χ1) is 11.6. The van der Waals surface area contributed by atoms with Gasteiger partial charge in [-0.2, -0.15) is 9.78 Å². The van der Waals surface area contributed by atoms with Crippen molar-refractivity contribution in [3.8, 4) is 0 Å². The highest BCUT2D eigenvalue weighted by Crippen LogP contribution is 2.33. The highest BCUT2D eigenvalue weighted by atomic mass is 32.2. The Hall–Kier alpha value is -1.67. The molecule has 128 valence electrons. The average molecular weight is 363 g/mol. The summed E-state index contributed by atoms with van der Waals surface area (Å²) in [4.78, 5) is 11.8. The summed E-state index contributed by atoms with van der Waals surface area (Å²) < 4.78 is 1.71. The number of thioether (sulfide) groups is 1. The van der Waals surface area contributed by atoms with Gasteiger partial charge < -0.3 is 9.90 Å². The van der Waals surface area contributed by atoms with Crippen molar-refractivity contribution >= 4 is 35.3 Å². The Bertz CT molecular complexity index is 732. The van der Waals surface area contributed by atoms with E-state index in [0.29, 0.717) is 11.1 Å². The van der Waals surface area contributed by atoms with Crippen molar-refractivity contribution < 1.29 is 9.90 Å². The topological polar surface area (TPSA) is 83.2 Å².